The van der Waals surface area contributed by atoms with E-state index in [0.29, 0.717) is 11.5 Å². The summed E-state index contributed by atoms with van der Waals surface area (Å²) in [6.07, 6.45) is 2.69. The molecule has 0 aliphatic carbocycles. The minimum atomic E-state index is 0.467. The molecule has 0 unspecified atom stereocenters. The average Bonchev–Trinajstić information content (AvgIpc) is 2.28. The summed E-state index contributed by atoms with van der Waals surface area (Å²) in [6.45, 7) is 6.07. The third-order valence-electron chi connectivity index (χ3n) is 2.49. The van der Waals surface area contributed by atoms with Crippen molar-refractivity contribution in [3.05, 3.63) is 34.9 Å². The maximum Gasteiger partial charge on any atom is 0.145 e. The zero-order valence-corrected chi connectivity index (χ0v) is 10.3. The molecule has 1 aromatic rings. The van der Waals surface area contributed by atoms with Crippen LogP contribution in [0, 0.1) is 0 Å². The molecule has 0 aliphatic rings. The van der Waals surface area contributed by atoms with Gasteiger partial charge in [-0.15, -0.1) is 0 Å². The van der Waals surface area contributed by atoms with Gasteiger partial charge in [-0.25, -0.2) is 0 Å². The van der Waals surface area contributed by atoms with E-state index in [9.17, 15) is 4.79 Å². The van der Waals surface area contributed by atoms with Crippen LogP contribution in [0.15, 0.2) is 23.8 Å². The monoisotopic (exact) mass is 218 g/mol. The summed E-state index contributed by atoms with van der Waals surface area (Å²) < 4.78 is 5.26. The highest BCUT2D eigenvalue weighted by Gasteiger charge is 2.05. The lowest BCUT2D eigenvalue weighted by Gasteiger charge is -2.10. The number of methoxy groups -OCH3 is 1. The summed E-state index contributed by atoms with van der Waals surface area (Å²) >= 11 is 0. The van der Waals surface area contributed by atoms with Crippen LogP contribution in [0.3, 0.4) is 0 Å². The third-order valence-corrected chi connectivity index (χ3v) is 2.49. The zero-order valence-electron chi connectivity index (χ0n) is 10.3. The van der Waals surface area contributed by atoms with Gasteiger partial charge >= 0.3 is 0 Å². The first kappa shape index (κ1) is 12.5. The molecule has 0 spiro atoms. The molecule has 1 rings (SSSR count). The lowest BCUT2D eigenvalue weighted by atomic mass is 9.99. The SMILES string of the molecule is COc1ccc(C(C)C)cc1/C=C(\C)C=O. The van der Waals surface area contributed by atoms with Gasteiger partial charge in [0, 0.05) is 5.56 Å². The zero-order chi connectivity index (χ0) is 12.1. The van der Waals surface area contributed by atoms with Gasteiger partial charge in [0.05, 0.1) is 7.11 Å². The standard InChI is InChI=1S/C14H18O2/c1-10(2)12-5-6-14(16-4)13(8-12)7-11(3)9-15/h5-10H,1-4H3/b11-7+. The summed E-state index contributed by atoms with van der Waals surface area (Å²) in [5.74, 6) is 1.26. The van der Waals surface area contributed by atoms with Crippen molar-refractivity contribution in [2.24, 2.45) is 0 Å². The van der Waals surface area contributed by atoms with Crippen molar-refractivity contribution in [2.75, 3.05) is 7.11 Å². The fraction of sp³-hybridized carbons (Fsp3) is 0.357. The van der Waals surface area contributed by atoms with E-state index in [4.69, 9.17) is 4.74 Å². The van der Waals surface area contributed by atoms with Crippen LogP contribution in [0.4, 0.5) is 0 Å². The average molecular weight is 218 g/mol. The van der Waals surface area contributed by atoms with E-state index in [1.807, 2.05) is 12.1 Å². The molecule has 0 aliphatic heterocycles. The summed E-state index contributed by atoms with van der Waals surface area (Å²) in [6, 6.07) is 6.06. The lowest BCUT2D eigenvalue weighted by molar-refractivity contribution is -0.104. The molecule has 2 heteroatoms. The predicted octanol–water partition coefficient (Wildman–Crippen LogP) is 3.42. The molecule has 1 aromatic carbocycles. The van der Waals surface area contributed by atoms with Crippen molar-refractivity contribution in [2.45, 2.75) is 26.7 Å². The Morgan fingerprint density at radius 3 is 2.56 bits per heavy atom. The fourth-order valence-corrected chi connectivity index (χ4v) is 1.50. The second-order valence-electron chi connectivity index (χ2n) is 4.16. The van der Waals surface area contributed by atoms with E-state index in [-0.39, 0.29) is 0 Å². The Morgan fingerprint density at radius 2 is 2.06 bits per heavy atom. The van der Waals surface area contributed by atoms with Crippen molar-refractivity contribution in [3.63, 3.8) is 0 Å². The number of carbonyl (C=O) groups excluding carboxylic acids is 1. The van der Waals surface area contributed by atoms with Gasteiger partial charge in [-0.3, -0.25) is 4.79 Å². The van der Waals surface area contributed by atoms with Crippen LogP contribution >= 0.6 is 0 Å². The predicted molar refractivity (Wildman–Crippen MR) is 66.8 cm³/mol. The van der Waals surface area contributed by atoms with Gasteiger partial charge in [-0.2, -0.15) is 0 Å². The van der Waals surface area contributed by atoms with Gasteiger partial charge in [-0.05, 0) is 42.2 Å². The first-order valence-corrected chi connectivity index (χ1v) is 5.40. The Kier molecular flexibility index (Phi) is 4.29. The van der Waals surface area contributed by atoms with Crippen LogP contribution in [0.1, 0.15) is 37.8 Å². The minimum absolute atomic E-state index is 0.467. The lowest BCUT2D eigenvalue weighted by Crippen LogP contribution is -1.92. The molecule has 16 heavy (non-hydrogen) atoms. The van der Waals surface area contributed by atoms with E-state index < -0.39 is 0 Å². The summed E-state index contributed by atoms with van der Waals surface area (Å²) in [4.78, 5) is 10.6. The van der Waals surface area contributed by atoms with Gasteiger partial charge in [-0.1, -0.05) is 19.9 Å². The maximum absolute atomic E-state index is 10.6. The summed E-state index contributed by atoms with van der Waals surface area (Å²) in [5, 5.41) is 0. The molecule has 86 valence electrons. The smallest absolute Gasteiger partial charge is 0.145 e. The number of aldehydes is 1. The molecule has 0 heterocycles. The normalized spacial score (nSPS) is 11.7. The Bertz CT molecular complexity index is 403. The van der Waals surface area contributed by atoms with Crippen LogP contribution < -0.4 is 4.74 Å². The number of rotatable bonds is 4. The van der Waals surface area contributed by atoms with Crippen molar-refractivity contribution in [1.29, 1.82) is 0 Å². The second kappa shape index (κ2) is 5.50. The molecule has 0 saturated heterocycles. The Morgan fingerprint density at radius 1 is 1.38 bits per heavy atom. The van der Waals surface area contributed by atoms with Crippen LogP contribution in [0.2, 0.25) is 0 Å². The van der Waals surface area contributed by atoms with Gasteiger partial charge in [0.1, 0.15) is 12.0 Å². The largest absolute Gasteiger partial charge is 0.496 e. The van der Waals surface area contributed by atoms with Crippen molar-refractivity contribution in [3.8, 4) is 5.75 Å². The van der Waals surface area contributed by atoms with E-state index in [0.717, 1.165) is 17.6 Å². The summed E-state index contributed by atoms with van der Waals surface area (Å²) in [5.41, 5.74) is 2.89. The van der Waals surface area contributed by atoms with Gasteiger partial charge < -0.3 is 4.74 Å². The molecule has 0 amide bonds. The third kappa shape index (κ3) is 2.96. The van der Waals surface area contributed by atoms with E-state index in [2.05, 4.69) is 26.0 Å². The molecular formula is C14H18O2. The Hall–Kier alpha value is -1.57. The molecular weight excluding hydrogens is 200 g/mol. The number of hydrogen-bond acceptors (Lipinski definition) is 2. The topological polar surface area (TPSA) is 26.3 Å². The highest BCUT2D eigenvalue weighted by atomic mass is 16.5. The van der Waals surface area contributed by atoms with Crippen LogP contribution in [0.5, 0.6) is 5.75 Å². The molecule has 0 aromatic heterocycles. The minimum Gasteiger partial charge on any atom is -0.496 e. The molecule has 0 fully saturated rings. The van der Waals surface area contributed by atoms with Crippen molar-refractivity contribution >= 4 is 12.4 Å². The number of benzene rings is 1. The van der Waals surface area contributed by atoms with Crippen LogP contribution in [0.25, 0.3) is 6.08 Å². The number of carbonyl (C=O) groups is 1. The molecule has 0 radical (unpaired) electrons. The van der Waals surface area contributed by atoms with Crippen LogP contribution in [-0.4, -0.2) is 13.4 Å². The maximum atomic E-state index is 10.6. The quantitative estimate of drug-likeness (QED) is 0.571. The van der Waals surface area contributed by atoms with Crippen molar-refractivity contribution < 1.29 is 9.53 Å². The number of allylic oxidation sites excluding steroid dienone is 1. The molecule has 2 nitrogen and oxygen atoms in total. The van der Waals surface area contributed by atoms with E-state index in [1.54, 1.807) is 14.0 Å². The second-order valence-corrected chi connectivity index (χ2v) is 4.16. The molecule has 0 saturated carbocycles. The van der Waals surface area contributed by atoms with Gasteiger partial charge in [0.15, 0.2) is 0 Å². The fourth-order valence-electron chi connectivity index (χ4n) is 1.50. The van der Waals surface area contributed by atoms with Gasteiger partial charge in [0.2, 0.25) is 0 Å². The molecule has 0 bridgehead atoms. The molecule has 0 atom stereocenters. The first-order chi connectivity index (χ1) is 7.58. The van der Waals surface area contributed by atoms with Crippen molar-refractivity contribution in [1.82, 2.24) is 0 Å². The highest BCUT2D eigenvalue weighted by molar-refractivity contribution is 5.81. The van der Waals surface area contributed by atoms with E-state index >= 15 is 0 Å². The first-order valence-electron chi connectivity index (χ1n) is 5.40. The van der Waals surface area contributed by atoms with E-state index in [1.165, 1.54) is 5.56 Å². The summed E-state index contributed by atoms with van der Waals surface area (Å²) in [7, 11) is 1.64. The van der Waals surface area contributed by atoms with Gasteiger partial charge in [0.25, 0.3) is 0 Å². The van der Waals surface area contributed by atoms with Crippen LogP contribution in [-0.2, 0) is 4.79 Å². The molecule has 0 N–H and O–H groups in total. The Labute approximate surface area is 96.9 Å². The number of ether oxygens (including phenoxy) is 1. The highest BCUT2D eigenvalue weighted by Crippen LogP contribution is 2.25. The Balaban J connectivity index is 3.22. The number of hydrogen-bond donors (Lipinski definition) is 0.